The molecular formula is C8H20Si. The fourth-order valence-corrected chi connectivity index (χ4v) is 1.59. The van der Waals surface area contributed by atoms with E-state index in [-0.39, 0.29) is 0 Å². The van der Waals surface area contributed by atoms with Crippen molar-refractivity contribution in [2.45, 2.75) is 51.9 Å². The van der Waals surface area contributed by atoms with E-state index in [4.69, 9.17) is 0 Å². The molecule has 0 aliphatic heterocycles. The summed E-state index contributed by atoms with van der Waals surface area (Å²) < 4.78 is 0. The maximum absolute atomic E-state index is 2.44. The molecular weight excluding hydrogens is 124 g/mol. The Bertz CT molecular complexity index is 87.2. The highest BCUT2D eigenvalue weighted by Crippen LogP contribution is 2.39. The van der Waals surface area contributed by atoms with Crippen molar-refractivity contribution in [3.63, 3.8) is 0 Å². The lowest BCUT2D eigenvalue weighted by Crippen LogP contribution is -2.34. The molecule has 0 aromatic carbocycles. The highest BCUT2D eigenvalue weighted by atomic mass is 28.3. The molecule has 0 saturated carbocycles. The lowest BCUT2D eigenvalue weighted by molar-refractivity contribution is 0.621. The molecule has 0 N–H and O–H groups in total. The Morgan fingerprint density at radius 3 is 1.44 bits per heavy atom. The van der Waals surface area contributed by atoms with E-state index < -0.39 is 8.07 Å². The van der Waals surface area contributed by atoms with E-state index in [1.807, 2.05) is 0 Å². The fourth-order valence-electron chi connectivity index (χ4n) is 0.530. The van der Waals surface area contributed by atoms with E-state index in [0.717, 1.165) is 0 Å². The summed E-state index contributed by atoms with van der Waals surface area (Å²) in [5.74, 6) is 0. The zero-order chi connectivity index (χ0) is 7.71. The van der Waals surface area contributed by atoms with E-state index in [2.05, 4.69) is 40.4 Å². The first-order valence-electron chi connectivity index (χ1n) is 3.81. The second-order valence-electron chi connectivity index (χ2n) is 4.49. The number of hydrogen-bond donors (Lipinski definition) is 0. The second kappa shape index (κ2) is 2.45. The summed E-state index contributed by atoms with van der Waals surface area (Å²) in [4.78, 5) is 0. The third-order valence-corrected chi connectivity index (χ3v) is 7.33. The van der Waals surface area contributed by atoms with Crippen molar-refractivity contribution in [3.8, 4) is 0 Å². The summed E-state index contributed by atoms with van der Waals surface area (Å²) in [5, 5.41) is 0.618. The van der Waals surface area contributed by atoms with Gasteiger partial charge in [0.15, 0.2) is 0 Å². The van der Waals surface area contributed by atoms with Crippen LogP contribution in [-0.2, 0) is 0 Å². The minimum absolute atomic E-state index is 0.618. The van der Waals surface area contributed by atoms with Crippen LogP contribution >= 0.6 is 0 Å². The molecule has 0 spiro atoms. The second-order valence-corrected chi connectivity index (χ2v) is 10.3. The van der Waals surface area contributed by atoms with Crippen LogP contribution in [0.15, 0.2) is 0 Å². The van der Waals surface area contributed by atoms with Gasteiger partial charge >= 0.3 is 0 Å². The van der Waals surface area contributed by atoms with Crippen molar-refractivity contribution in [3.05, 3.63) is 0 Å². The van der Waals surface area contributed by atoms with E-state index in [0.29, 0.717) is 5.04 Å². The Kier molecular flexibility index (Phi) is 2.51. The van der Waals surface area contributed by atoms with Crippen molar-refractivity contribution in [1.29, 1.82) is 0 Å². The van der Waals surface area contributed by atoms with Crippen LogP contribution in [0.2, 0.25) is 24.7 Å². The molecule has 0 heterocycles. The van der Waals surface area contributed by atoms with Gasteiger partial charge in [0.2, 0.25) is 0 Å². The average Bonchev–Trinajstić information content (AvgIpc) is 1.64. The van der Waals surface area contributed by atoms with E-state index in [1.165, 1.54) is 6.42 Å². The van der Waals surface area contributed by atoms with Crippen LogP contribution in [0.25, 0.3) is 0 Å². The highest BCUT2D eigenvalue weighted by Gasteiger charge is 2.32. The van der Waals surface area contributed by atoms with Gasteiger partial charge < -0.3 is 0 Å². The van der Waals surface area contributed by atoms with Gasteiger partial charge in [0.05, 0.1) is 0 Å². The predicted octanol–water partition coefficient (Wildman–Crippen LogP) is 3.51. The Morgan fingerprint density at radius 1 is 1.11 bits per heavy atom. The van der Waals surface area contributed by atoms with Gasteiger partial charge in [0, 0.05) is 8.07 Å². The Balaban J connectivity index is 4.14. The van der Waals surface area contributed by atoms with Gasteiger partial charge in [-0.1, -0.05) is 46.8 Å². The van der Waals surface area contributed by atoms with Crippen molar-refractivity contribution in [2.75, 3.05) is 0 Å². The quantitative estimate of drug-likeness (QED) is 0.520. The zero-order valence-corrected chi connectivity index (χ0v) is 8.71. The molecule has 9 heavy (non-hydrogen) atoms. The Hall–Kier alpha value is 0.217. The smallest absolute Gasteiger partial charge is 0.0499 e. The normalized spacial score (nSPS) is 14.0. The van der Waals surface area contributed by atoms with Crippen LogP contribution in [0.3, 0.4) is 0 Å². The summed E-state index contributed by atoms with van der Waals surface area (Å²) in [6.45, 7) is 14.4. The lowest BCUT2D eigenvalue weighted by atomic mass is 10.1. The summed E-state index contributed by atoms with van der Waals surface area (Å²) >= 11 is 0. The van der Waals surface area contributed by atoms with Crippen molar-refractivity contribution < 1.29 is 0 Å². The van der Waals surface area contributed by atoms with Crippen LogP contribution in [0.1, 0.15) is 27.2 Å². The third kappa shape index (κ3) is 2.13. The van der Waals surface area contributed by atoms with Gasteiger partial charge in [-0.15, -0.1) is 0 Å². The first kappa shape index (κ1) is 9.22. The standard InChI is InChI=1S/C8H20Si/c1-7-8(2,3)9(4,5)6/h7H2,1-6H3. The molecule has 0 radical (unpaired) electrons. The molecule has 0 bridgehead atoms. The molecule has 0 nitrogen and oxygen atoms in total. The lowest BCUT2D eigenvalue weighted by Gasteiger charge is -2.36. The minimum atomic E-state index is -0.885. The molecule has 0 unspecified atom stereocenters. The van der Waals surface area contributed by atoms with Crippen molar-refractivity contribution >= 4 is 8.07 Å². The van der Waals surface area contributed by atoms with Gasteiger partial charge in [-0.05, 0) is 5.04 Å². The van der Waals surface area contributed by atoms with Gasteiger partial charge in [0.25, 0.3) is 0 Å². The molecule has 0 aliphatic carbocycles. The minimum Gasteiger partial charge on any atom is -0.0692 e. The van der Waals surface area contributed by atoms with E-state index >= 15 is 0 Å². The van der Waals surface area contributed by atoms with Gasteiger partial charge in [-0.2, -0.15) is 0 Å². The maximum Gasteiger partial charge on any atom is 0.0499 e. The summed E-state index contributed by atoms with van der Waals surface area (Å²) in [6.07, 6.45) is 1.32. The number of rotatable bonds is 2. The van der Waals surface area contributed by atoms with Crippen LogP contribution in [0.5, 0.6) is 0 Å². The third-order valence-electron chi connectivity index (χ3n) is 2.91. The van der Waals surface area contributed by atoms with Gasteiger partial charge in [-0.25, -0.2) is 0 Å². The van der Waals surface area contributed by atoms with Crippen molar-refractivity contribution in [1.82, 2.24) is 0 Å². The molecule has 0 atom stereocenters. The summed E-state index contributed by atoms with van der Waals surface area (Å²) in [6, 6.07) is 0. The fraction of sp³-hybridized carbons (Fsp3) is 1.00. The van der Waals surface area contributed by atoms with Gasteiger partial charge in [-0.3, -0.25) is 0 Å². The molecule has 1 heteroatoms. The van der Waals surface area contributed by atoms with Crippen LogP contribution < -0.4 is 0 Å². The Morgan fingerprint density at radius 2 is 1.44 bits per heavy atom. The molecule has 56 valence electrons. The first-order chi connectivity index (χ1) is 3.81. The molecule has 0 aromatic heterocycles. The van der Waals surface area contributed by atoms with Crippen LogP contribution in [0, 0.1) is 0 Å². The van der Waals surface area contributed by atoms with Crippen LogP contribution in [-0.4, -0.2) is 8.07 Å². The Labute approximate surface area is 60.7 Å². The topological polar surface area (TPSA) is 0 Å². The molecule has 0 amide bonds. The van der Waals surface area contributed by atoms with E-state index in [1.54, 1.807) is 0 Å². The molecule has 0 fully saturated rings. The average molecular weight is 144 g/mol. The molecule has 0 saturated heterocycles. The first-order valence-corrected chi connectivity index (χ1v) is 7.31. The zero-order valence-electron chi connectivity index (χ0n) is 7.71. The maximum atomic E-state index is 2.44. The predicted molar refractivity (Wildman–Crippen MR) is 47.7 cm³/mol. The van der Waals surface area contributed by atoms with Crippen LogP contribution in [0.4, 0.5) is 0 Å². The van der Waals surface area contributed by atoms with E-state index in [9.17, 15) is 0 Å². The number of hydrogen-bond acceptors (Lipinski definition) is 0. The summed E-state index contributed by atoms with van der Waals surface area (Å²) in [7, 11) is -0.885. The molecule has 0 rings (SSSR count). The molecule has 0 aliphatic rings. The monoisotopic (exact) mass is 144 g/mol. The largest absolute Gasteiger partial charge is 0.0692 e. The summed E-state index contributed by atoms with van der Waals surface area (Å²) in [5.41, 5.74) is 0. The van der Waals surface area contributed by atoms with Gasteiger partial charge in [0.1, 0.15) is 0 Å². The highest BCUT2D eigenvalue weighted by molar-refractivity contribution is 6.78. The van der Waals surface area contributed by atoms with Crippen molar-refractivity contribution in [2.24, 2.45) is 0 Å². The molecule has 0 aromatic rings. The SMILES string of the molecule is CCC(C)(C)[Si](C)(C)C.